The van der Waals surface area contributed by atoms with E-state index in [-0.39, 0.29) is 6.10 Å². The molecule has 0 amide bonds. The van der Waals surface area contributed by atoms with Crippen molar-refractivity contribution in [2.45, 2.75) is 19.4 Å². The van der Waals surface area contributed by atoms with Gasteiger partial charge < -0.3 is 9.72 Å². The lowest BCUT2D eigenvalue weighted by Gasteiger charge is -2.05. The maximum absolute atomic E-state index is 9.24. The van der Waals surface area contributed by atoms with Crippen molar-refractivity contribution in [1.82, 2.24) is 9.97 Å². The number of aromatic nitrogens is 2. The molecule has 4 nitrogen and oxygen atoms in total. The summed E-state index contributed by atoms with van der Waals surface area (Å²) >= 11 is 0. The van der Waals surface area contributed by atoms with Crippen LogP contribution in [0, 0.1) is 11.3 Å². The third kappa shape index (κ3) is 2.72. The number of nitrogens with zero attached hydrogens (tertiary/aromatic N) is 2. The lowest BCUT2D eigenvalue weighted by atomic mass is 10.0. The second-order valence-electron chi connectivity index (χ2n) is 5.32. The molecule has 2 aromatic carbocycles. The average Bonchev–Trinajstić information content (AvgIpc) is 2.95. The first-order valence-corrected chi connectivity index (χ1v) is 7.22. The second kappa shape index (κ2) is 6.00. The lowest BCUT2D eigenvalue weighted by Crippen LogP contribution is -2.09. The molecule has 0 saturated heterocycles. The van der Waals surface area contributed by atoms with E-state index in [9.17, 15) is 5.26 Å². The molecule has 0 fully saturated rings. The maximum Gasteiger partial charge on any atom is 0.109 e. The van der Waals surface area contributed by atoms with E-state index in [0.717, 1.165) is 34.4 Å². The number of methoxy groups -OCH3 is 1. The number of benzene rings is 2. The van der Waals surface area contributed by atoms with Gasteiger partial charge in [-0.2, -0.15) is 5.26 Å². The molecule has 0 bridgehead atoms. The van der Waals surface area contributed by atoms with Gasteiger partial charge in [0.2, 0.25) is 0 Å². The molecule has 4 heteroatoms. The Kier molecular flexibility index (Phi) is 3.90. The Hall–Kier alpha value is -2.64. The summed E-state index contributed by atoms with van der Waals surface area (Å²) in [5.41, 5.74) is 4.53. The van der Waals surface area contributed by atoms with E-state index in [1.165, 1.54) is 0 Å². The van der Waals surface area contributed by atoms with Gasteiger partial charge in [0, 0.05) is 13.5 Å². The summed E-state index contributed by atoms with van der Waals surface area (Å²) in [4.78, 5) is 7.91. The summed E-state index contributed by atoms with van der Waals surface area (Å²) in [7, 11) is 1.70. The molecule has 110 valence electrons. The first-order chi connectivity index (χ1) is 10.7. The van der Waals surface area contributed by atoms with Crippen molar-refractivity contribution in [3.05, 3.63) is 53.9 Å². The van der Waals surface area contributed by atoms with Gasteiger partial charge in [-0.25, -0.2) is 4.98 Å². The van der Waals surface area contributed by atoms with E-state index >= 15 is 0 Å². The van der Waals surface area contributed by atoms with Crippen LogP contribution in [0.1, 0.15) is 18.3 Å². The highest BCUT2D eigenvalue weighted by Crippen LogP contribution is 2.26. The predicted molar refractivity (Wildman–Crippen MR) is 86.4 cm³/mol. The van der Waals surface area contributed by atoms with E-state index in [1.54, 1.807) is 7.11 Å². The molecule has 0 aliphatic rings. The molecular formula is C18H17N3O. The molecule has 3 rings (SSSR count). The topological polar surface area (TPSA) is 61.7 Å². The number of hydrogen-bond acceptors (Lipinski definition) is 3. The van der Waals surface area contributed by atoms with Gasteiger partial charge in [-0.15, -0.1) is 0 Å². The molecule has 0 spiro atoms. The van der Waals surface area contributed by atoms with Crippen LogP contribution in [-0.4, -0.2) is 23.2 Å². The SMILES string of the molecule is CO[C@H](C)Cc1nc2ccc(-c3ccccc3C#N)cc2[nH]1. The van der Waals surface area contributed by atoms with Gasteiger partial charge in [0.15, 0.2) is 0 Å². The molecule has 1 N–H and O–H groups in total. The highest BCUT2D eigenvalue weighted by molar-refractivity contribution is 5.83. The van der Waals surface area contributed by atoms with E-state index in [2.05, 4.69) is 16.0 Å². The van der Waals surface area contributed by atoms with Gasteiger partial charge >= 0.3 is 0 Å². The van der Waals surface area contributed by atoms with Crippen LogP contribution >= 0.6 is 0 Å². The van der Waals surface area contributed by atoms with E-state index in [0.29, 0.717) is 5.56 Å². The summed E-state index contributed by atoms with van der Waals surface area (Å²) in [6.07, 6.45) is 0.870. The molecule has 3 aromatic rings. The van der Waals surface area contributed by atoms with Gasteiger partial charge in [0.1, 0.15) is 5.82 Å². The lowest BCUT2D eigenvalue weighted by molar-refractivity contribution is 0.117. The van der Waals surface area contributed by atoms with Crippen molar-refractivity contribution >= 4 is 11.0 Å². The zero-order valence-electron chi connectivity index (χ0n) is 12.6. The highest BCUT2D eigenvalue weighted by Gasteiger charge is 2.09. The normalized spacial score (nSPS) is 12.2. The Morgan fingerprint density at radius 2 is 2.09 bits per heavy atom. The minimum Gasteiger partial charge on any atom is -0.381 e. The molecule has 1 aromatic heterocycles. The fourth-order valence-electron chi connectivity index (χ4n) is 2.51. The number of imidazole rings is 1. The van der Waals surface area contributed by atoms with Crippen molar-refractivity contribution in [3.8, 4) is 17.2 Å². The van der Waals surface area contributed by atoms with Crippen molar-refractivity contribution in [2.24, 2.45) is 0 Å². The first kappa shape index (κ1) is 14.3. The average molecular weight is 291 g/mol. The van der Waals surface area contributed by atoms with Crippen LogP contribution in [0.4, 0.5) is 0 Å². The van der Waals surface area contributed by atoms with E-state index in [1.807, 2.05) is 49.4 Å². The zero-order chi connectivity index (χ0) is 15.5. The molecule has 22 heavy (non-hydrogen) atoms. The number of hydrogen-bond donors (Lipinski definition) is 1. The van der Waals surface area contributed by atoms with Crippen molar-refractivity contribution in [2.75, 3.05) is 7.11 Å². The molecular weight excluding hydrogens is 274 g/mol. The molecule has 1 heterocycles. The van der Waals surface area contributed by atoms with Crippen LogP contribution in [-0.2, 0) is 11.2 Å². The number of aromatic amines is 1. The summed E-state index contributed by atoms with van der Waals surface area (Å²) in [6.45, 7) is 2.02. The van der Waals surface area contributed by atoms with Gasteiger partial charge in [-0.3, -0.25) is 0 Å². The quantitative estimate of drug-likeness (QED) is 0.797. The van der Waals surface area contributed by atoms with Crippen LogP contribution in [0.15, 0.2) is 42.5 Å². The largest absolute Gasteiger partial charge is 0.381 e. The van der Waals surface area contributed by atoms with Crippen LogP contribution in [0.3, 0.4) is 0 Å². The molecule has 0 saturated carbocycles. The standard InChI is InChI=1S/C18H17N3O/c1-12(22-2)9-18-20-16-8-7-13(10-17(16)21-18)15-6-4-3-5-14(15)11-19/h3-8,10,12H,9H2,1-2H3,(H,20,21)/t12-/m1/s1. The highest BCUT2D eigenvalue weighted by atomic mass is 16.5. The minimum atomic E-state index is 0.124. The monoisotopic (exact) mass is 291 g/mol. The third-order valence-electron chi connectivity index (χ3n) is 3.77. The van der Waals surface area contributed by atoms with Crippen LogP contribution in [0.25, 0.3) is 22.2 Å². The number of nitrogens with one attached hydrogen (secondary N) is 1. The summed E-state index contributed by atoms with van der Waals surface area (Å²) < 4.78 is 5.28. The third-order valence-corrected chi connectivity index (χ3v) is 3.77. The first-order valence-electron chi connectivity index (χ1n) is 7.22. The molecule has 1 atom stereocenters. The Morgan fingerprint density at radius 3 is 2.86 bits per heavy atom. The fourth-order valence-corrected chi connectivity index (χ4v) is 2.51. The number of rotatable bonds is 4. The molecule has 0 unspecified atom stereocenters. The van der Waals surface area contributed by atoms with E-state index < -0.39 is 0 Å². The number of fused-ring (bicyclic) bond motifs is 1. The molecule has 0 aliphatic heterocycles. The van der Waals surface area contributed by atoms with Gasteiger partial charge in [-0.1, -0.05) is 24.3 Å². The van der Waals surface area contributed by atoms with Crippen LogP contribution in [0.5, 0.6) is 0 Å². The molecule has 0 radical (unpaired) electrons. The number of H-pyrrole nitrogens is 1. The smallest absolute Gasteiger partial charge is 0.109 e. The summed E-state index contributed by atoms with van der Waals surface area (Å²) in [5, 5.41) is 9.24. The zero-order valence-corrected chi connectivity index (χ0v) is 12.6. The van der Waals surface area contributed by atoms with Crippen LogP contribution in [0.2, 0.25) is 0 Å². The second-order valence-corrected chi connectivity index (χ2v) is 5.32. The number of nitriles is 1. The Balaban J connectivity index is 2.01. The van der Waals surface area contributed by atoms with Crippen molar-refractivity contribution < 1.29 is 4.74 Å². The summed E-state index contributed by atoms with van der Waals surface area (Å²) in [5.74, 6) is 0.912. The Labute approximate surface area is 129 Å². The fraction of sp³-hybridized carbons (Fsp3) is 0.222. The van der Waals surface area contributed by atoms with Gasteiger partial charge in [0.05, 0.1) is 28.8 Å². The van der Waals surface area contributed by atoms with Gasteiger partial charge in [-0.05, 0) is 36.2 Å². The Bertz CT molecular complexity index is 845. The predicted octanol–water partition coefficient (Wildman–Crippen LogP) is 3.68. The Morgan fingerprint density at radius 1 is 1.27 bits per heavy atom. The maximum atomic E-state index is 9.24. The minimum absolute atomic E-state index is 0.124. The number of ether oxygens (including phenoxy) is 1. The summed E-state index contributed by atoms with van der Waals surface area (Å²) in [6, 6.07) is 15.9. The van der Waals surface area contributed by atoms with E-state index in [4.69, 9.17) is 4.74 Å². The van der Waals surface area contributed by atoms with Crippen LogP contribution < -0.4 is 0 Å². The van der Waals surface area contributed by atoms with Crippen molar-refractivity contribution in [3.63, 3.8) is 0 Å². The molecule has 0 aliphatic carbocycles. The van der Waals surface area contributed by atoms with Crippen molar-refractivity contribution in [1.29, 1.82) is 5.26 Å². The van der Waals surface area contributed by atoms with Gasteiger partial charge in [0.25, 0.3) is 0 Å².